The highest BCUT2D eigenvalue weighted by Gasteiger charge is 2.29. The lowest BCUT2D eigenvalue weighted by Crippen LogP contribution is -2.34. The van der Waals surface area contributed by atoms with Gasteiger partial charge in [-0.05, 0) is 43.9 Å². The van der Waals surface area contributed by atoms with Crippen LogP contribution >= 0.6 is 11.6 Å². The lowest BCUT2D eigenvalue weighted by Gasteiger charge is -2.18. The standard InChI is InChI=1S/C18H20ClN5O/c19-13-3-1-2-12-14-16(25-15(12)13)17(23-18(20)22-14)24-7-6-11(9-24)21-8-10-4-5-10/h1-3,10-11,21H,4-9H2,(H2,20,22,23). The number of benzene rings is 1. The number of nitrogens with zero attached hydrogens (tertiary/aromatic N) is 3. The van der Waals surface area contributed by atoms with Gasteiger partial charge in [0.05, 0.1) is 5.02 Å². The molecule has 2 fully saturated rings. The maximum atomic E-state index is 6.28. The molecule has 7 heteroatoms. The van der Waals surface area contributed by atoms with E-state index in [4.69, 9.17) is 21.8 Å². The van der Waals surface area contributed by atoms with Crippen molar-refractivity contribution in [2.24, 2.45) is 5.92 Å². The fraction of sp³-hybridized carbons (Fsp3) is 0.444. The van der Waals surface area contributed by atoms with Crippen LogP contribution in [-0.2, 0) is 0 Å². The lowest BCUT2D eigenvalue weighted by molar-refractivity contribution is 0.530. The number of aromatic nitrogens is 2. The predicted molar refractivity (Wildman–Crippen MR) is 100 cm³/mol. The molecule has 0 radical (unpaired) electrons. The van der Waals surface area contributed by atoms with E-state index in [1.165, 1.54) is 12.8 Å². The Morgan fingerprint density at radius 3 is 2.96 bits per heavy atom. The van der Waals surface area contributed by atoms with Crippen molar-refractivity contribution in [1.29, 1.82) is 0 Å². The molecule has 0 amide bonds. The highest BCUT2D eigenvalue weighted by molar-refractivity contribution is 6.35. The monoisotopic (exact) mass is 357 g/mol. The number of para-hydroxylation sites is 1. The van der Waals surface area contributed by atoms with Gasteiger partial charge in [0.2, 0.25) is 5.95 Å². The molecule has 25 heavy (non-hydrogen) atoms. The van der Waals surface area contributed by atoms with Gasteiger partial charge in [-0.25, -0.2) is 4.98 Å². The van der Waals surface area contributed by atoms with Crippen LogP contribution in [0, 0.1) is 5.92 Å². The molecule has 5 rings (SSSR count). The van der Waals surface area contributed by atoms with E-state index < -0.39 is 0 Å². The smallest absolute Gasteiger partial charge is 0.222 e. The number of furan rings is 1. The summed E-state index contributed by atoms with van der Waals surface area (Å²) in [6.07, 6.45) is 3.83. The maximum Gasteiger partial charge on any atom is 0.222 e. The number of nitrogens with one attached hydrogen (secondary N) is 1. The molecule has 1 unspecified atom stereocenters. The third-order valence-corrected chi connectivity index (χ3v) is 5.47. The molecular formula is C18H20ClN5O. The van der Waals surface area contributed by atoms with E-state index in [9.17, 15) is 0 Å². The molecule has 6 nitrogen and oxygen atoms in total. The molecule has 0 bridgehead atoms. The Morgan fingerprint density at radius 1 is 1.24 bits per heavy atom. The van der Waals surface area contributed by atoms with Gasteiger partial charge in [-0.15, -0.1) is 0 Å². The van der Waals surface area contributed by atoms with Gasteiger partial charge in [0, 0.05) is 24.5 Å². The topological polar surface area (TPSA) is 80.2 Å². The first-order chi connectivity index (χ1) is 12.2. The molecule has 0 spiro atoms. The summed E-state index contributed by atoms with van der Waals surface area (Å²) in [5.74, 6) is 1.91. The van der Waals surface area contributed by atoms with Crippen molar-refractivity contribution in [3.8, 4) is 0 Å². The van der Waals surface area contributed by atoms with Crippen molar-refractivity contribution in [3.05, 3.63) is 23.2 Å². The molecule has 1 saturated carbocycles. The van der Waals surface area contributed by atoms with Crippen LogP contribution in [0.4, 0.5) is 11.8 Å². The van der Waals surface area contributed by atoms with Gasteiger partial charge >= 0.3 is 0 Å². The van der Waals surface area contributed by atoms with Crippen molar-refractivity contribution in [2.45, 2.75) is 25.3 Å². The predicted octanol–water partition coefficient (Wildman–Crippen LogP) is 3.19. The van der Waals surface area contributed by atoms with E-state index in [1.807, 2.05) is 18.2 Å². The summed E-state index contributed by atoms with van der Waals surface area (Å²) in [6, 6.07) is 6.15. The van der Waals surface area contributed by atoms with Crippen LogP contribution in [0.15, 0.2) is 22.6 Å². The zero-order valence-corrected chi connectivity index (χ0v) is 14.6. The van der Waals surface area contributed by atoms with Crippen LogP contribution in [0.25, 0.3) is 22.1 Å². The van der Waals surface area contributed by atoms with E-state index in [0.717, 1.165) is 48.7 Å². The van der Waals surface area contributed by atoms with Crippen molar-refractivity contribution in [3.63, 3.8) is 0 Å². The second kappa shape index (κ2) is 5.75. The second-order valence-electron chi connectivity index (χ2n) is 7.08. The maximum absolute atomic E-state index is 6.28. The molecule has 3 N–H and O–H groups in total. The minimum absolute atomic E-state index is 0.263. The largest absolute Gasteiger partial charge is 0.449 e. The highest BCUT2D eigenvalue weighted by atomic mass is 35.5. The Hall–Kier alpha value is -2.05. The zero-order valence-electron chi connectivity index (χ0n) is 13.8. The molecule has 2 aromatic heterocycles. The van der Waals surface area contributed by atoms with E-state index in [2.05, 4.69) is 20.2 Å². The molecule has 1 saturated heterocycles. The number of anilines is 2. The lowest BCUT2D eigenvalue weighted by atomic mass is 10.2. The number of nitrogen functional groups attached to an aromatic ring is 1. The van der Waals surface area contributed by atoms with Crippen molar-refractivity contribution in [1.82, 2.24) is 15.3 Å². The number of nitrogens with two attached hydrogens (primary N) is 1. The van der Waals surface area contributed by atoms with Crippen LogP contribution in [0.5, 0.6) is 0 Å². The van der Waals surface area contributed by atoms with E-state index in [-0.39, 0.29) is 5.95 Å². The van der Waals surface area contributed by atoms with Crippen LogP contribution in [-0.4, -0.2) is 35.6 Å². The van der Waals surface area contributed by atoms with Crippen LogP contribution in [0.1, 0.15) is 19.3 Å². The van der Waals surface area contributed by atoms with E-state index in [0.29, 0.717) is 22.2 Å². The fourth-order valence-corrected chi connectivity index (χ4v) is 3.84. The molecule has 2 aliphatic rings. The Balaban J connectivity index is 1.52. The van der Waals surface area contributed by atoms with Gasteiger partial charge in [-0.1, -0.05) is 17.7 Å². The number of halogens is 1. The highest BCUT2D eigenvalue weighted by Crippen LogP contribution is 2.37. The van der Waals surface area contributed by atoms with Crippen LogP contribution in [0.3, 0.4) is 0 Å². The minimum atomic E-state index is 0.263. The van der Waals surface area contributed by atoms with Gasteiger partial charge in [-0.2, -0.15) is 4.98 Å². The SMILES string of the molecule is Nc1nc(N2CCC(NCC3CC3)C2)c2oc3c(Cl)cccc3c2n1. The van der Waals surface area contributed by atoms with Gasteiger partial charge in [-0.3, -0.25) is 0 Å². The molecule has 3 aromatic rings. The summed E-state index contributed by atoms with van der Waals surface area (Å²) in [7, 11) is 0. The summed E-state index contributed by atoms with van der Waals surface area (Å²) in [4.78, 5) is 11.1. The Kier molecular flexibility index (Phi) is 3.50. The average Bonchev–Trinajstić information content (AvgIpc) is 3.18. The van der Waals surface area contributed by atoms with Crippen molar-refractivity contribution >= 4 is 45.4 Å². The molecule has 1 aliphatic carbocycles. The average molecular weight is 358 g/mol. The van der Waals surface area contributed by atoms with Crippen LogP contribution in [0.2, 0.25) is 5.02 Å². The van der Waals surface area contributed by atoms with Gasteiger partial charge in [0.25, 0.3) is 0 Å². The molecule has 130 valence electrons. The number of hydrogen-bond donors (Lipinski definition) is 2. The third kappa shape index (κ3) is 2.69. The third-order valence-electron chi connectivity index (χ3n) is 5.17. The summed E-state index contributed by atoms with van der Waals surface area (Å²) >= 11 is 6.28. The Morgan fingerprint density at radius 2 is 2.12 bits per heavy atom. The molecule has 1 aliphatic heterocycles. The number of rotatable bonds is 4. The number of hydrogen-bond acceptors (Lipinski definition) is 6. The summed E-state index contributed by atoms with van der Waals surface area (Å²) in [5, 5.41) is 5.12. The van der Waals surface area contributed by atoms with E-state index in [1.54, 1.807) is 0 Å². The summed E-state index contributed by atoms with van der Waals surface area (Å²) in [6.45, 7) is 2.96. The Labute approximate surface area is 150 Å². The van der Waals surface area contributed by atoms with Crippen molar-refractivity contribution < 1.29 is 4.42 Å². The van der Waals surface area contributed by atoms with Crippen LogP contribution < -0.4 is 16.0 Å². The molecule has 3 heterocycles. The first-order valence-electron chi connectivity index (χ1n) is 8.81. The molecular weight excluding hydrogens is 338 g/mol. The quantitative estimate of drug-likeness (QED) is 0.746. The minimum Gasteiger partial charge on any atom is -0.449 e. The normalized spacial score (nSPS) is 20.8. The first-order valence-corrected chi connectivity index (χ1v) is 9.19. The summed E-state index contributed by atoms with van der Waals surface area (Å²) < 4.78 is 6.05. The molecule has 1 aromatic carbocycles. The Bertz CT molecular complexity index is 951. The molecule has 1 atom stereocenters. The van der Waals surface area contributed by atoms with Gasteiger partial charge in [0.15, 0.2) is 17.0 Å². The van der Waals surface area contributed by atoms with Gasteiger partial charge in [0.1, 0.15) is 5.52 Å². The van der Waals surface area contributed by atoms with Crippen molar-refractivity contribution in [2.75, 3.05) is 30.3 Å². The second-order valence-corrected chi connectivity index (χ2v) is 7.49. The zero-order chi connectivity index (χ0) is 17.0. The first kappa shape index (κ1) is 15.2. The number of fused-ring (bicyclic) bond motifs is 3. The van der Waals surface area contributed by atoms with E-state index >= 15 is 0 Å². The van der Waals surface area contributed by atoms with Gasteiger partial charge < -0.3 is 20.4 Å². The fourth-order valence-electron chi connectivity index (χ4n) is 3.62. The summed E-state index contributed by atoms with van der Waals surface area (Å²) in [5.41, 5.74) is 8.02.